The molecule has 1 aromatic rings. The van der Waals surface area contributed by atoms with E-state index in [9.17, 15) is 60.6 Å². The summed E-state index contributed by atoms with van der Waals surface area (Å²) < 4.78 is 141. The number of hydrogen-bond donors (Lipinski definition) is 0. The molecule has 0 saturated heterocycles. The molecule has 1 fully saturated rings. The number of rotatable bonds is 2. The number of benzene rings is 1. The van der Waals surface area contributed by atoms with E-state index < -0.39 is 28.2 Å². The summed E-state index contributed by atoms with van der Waals surface area (Å²) in [6.45, 7) is 0. The fraction of sp³-hybridized carbons (Fsp3) is 0.400. The summed E-state index contributed by atoms with van der Waals surface area (Å²) in [7, 11) is -18.0. The van der Waals surface area contributed by atoms with Crippen LogP contribution in [0.1, 0.15) is 36.3 Å². The average Bonchev–Trinajstić information content (AvgIpc) is 3.16. The van der Waals surface area contributed by atoms with E-state index >= 15 is 0 Å². The van der Waals surface area contributed by atoms with Crippen molar-refractivity contribution in [1.29, 1.82) is 0 Å². The van der Waals surface area contributed by atoms with Gasteiger partial charge in [0.05, 0.1) is 0 Å². The molecule has 0 bridgehead atoms. The van der Waals surface area contributed by atoms with E-state index in [1.165, 1.54) is 30.5 Å². The maximum absolute atomic E-state index is 12.1. The van der Waals surface area contributed by atoms with Crippen LogP contribution >= 0.6 is 0 Å². The van der Waals surface area contributed by atoms with Crippen molar-refractivity contribution in [3.8, 4) is 0 Å². The van der Waals surface area contributed by atoms with Gasteiger partial charge in [0.25, 0.3) is 6.43 Å². The van der Waals surface area contributed by atoms with Gasteiger partial charge in [0.15, 0.2) is 0 Å². The predicted octanol–water partition coefficient (Wildman–Crippen LogP) is 7.40. The third kappa shape index (κ3) is 32.6. The van der Waals surface area contributed by atoms with Gasteiger partial charge in [-0.25, -0.2) is 8.78 Å². The van der Waals surface area contributed by atoms with Crippen LogP contribution in [0.25, 0.3) is 0 Å². The first-order valence-corrected chi connectivity index (χ1v) is 6.77. The summed E-state index contributed by atoms with van der Waals surface area (Å²) in [4.78, 5) is 0. The van der Waals surface area contributed by atoms with Crippen molar-refractivity contribution < 1.29 is 60.6 Å². The van der Waals surface area contributed by atoms with Gasteiger partial charge in [0.2, 0.25) is 0 Å². The van der Waals surface area contributed by atoms with Crippen LogP contribution in [0, 0.1) is 0 Å². The molecule has 0 spiro atoms. The largest absolute Gasteiger partial charge is 0.673 e. The van der Waals surface area contributed by atoms with E-state index in [1.807, 2.05) is 12.1 Å². The Hall–Kier alpha value is -1.57. The van der Waals surface area contributed by atoms with Crippen molar-refractivity contribution in [2.24, 2.45) is 0 Å². The molecular weight excluding hydrogens is 419 g/mol. The van der Waals surface area contributed by atoms with Gasteiger partial charge in [0.1, 0.15) is 0 Å². The highest BCUT2D eigenvalue weighted by Gasteiger charge is 2.23. The van der Waals surface area contributed by atoms with Gasteiger partial charge in [-0.2, -0.15) is 0 Å². The van der Waals surface area contributed by atoms with E-state index in [2.05, 4.69) is 0 Å². The molecule has 0 N–H and O–H groups in total. The van der Waals surface area contributed by atoms with Crippen molar-refractivity contribution in [1.82, 2.24) is 0 Å². The van der Waals surface area contributed by atoms with Crippen LogP contribution in [0.3, 0.4) is 0 Å². The van der Waals surface area contributed by atoms with Gasteiger partial charge >= 0.3 is 21.8 Å². The summed E-state index contributed by atoms with van der Waals surface area (Å²) in [5.41, 5.74) is 1.33. The third-order valence-corrected chi connectivity index (χ3v) is 2.24. The van der Waals surface area contributed by atoms with Gasteiger partial charge < -0.3 is 51.8 Å². The molecule has 2 rings (SSSR count). The zero-order chi connectivity index (χ0) is 22.1. The zero-order valence-corrected chi connectivity index (χ0v) is 12.9. The quantitative estimate of drug-likeness (QED) is 0.340. The van der Waals surface area contributed by atoms with Crippen molar-refractivity contribution in [3.63, 3.8) is 0 Å². The van der Waals surface area contributed by atoms with E-state index in [0.29, 0.717) is 5.92 Å². The molecule has 0 nitrogen and oxygen atoms in total. The van der Waals surface area contributed by atoms with Gasteiger partial charge in [-0.3, -0.25) is 0 Å². The topological polar surface area (TPSA) is 0 Å². The van der Waals surface area contributed by atoms with E-state index in [1.54, 1.807) is 0 Å². The minimum atomic E-state index is -6.00. The first-order chi connectivity index (χ1) is 11.8. The lowest BCUT2D eigenvalue weighted by molar-refractivity contribution is 0.151. The number of alkyl halides is 2. The Balaban J connectivity index is 0. The van der Waals surface area contributed by atoms with Crippen LogP contribution in [0.4, 0.5) is 60.6 Å². The maximum atomic E-state index is 12.1. The zero-order valence-electron chi connectivity index (χ0n) is 12.9. The molecule has 0 aliphatic heterocycles. The maximum Gasteiger partial charge on any atom is 0.673 e. The highest BCUT2D eigenvalue weighted by atomic mass is 19.5. The molecule has 1 saturated carbocycles. The standard InChI is InChI=1S/C10H10F2.3BF4/c11-10(12)9-5-3-8(4-6-9)7-1-2-7;3*2-1(3,4)5/h3-7,10H,1-2H2;;;/q;3*-1. The first kappa shape index (κ1) is 27.7. The number of halogens is 14. The van der Waals surface area contributed by atoms with Crippen LogP contribution in [0.5, 0.6) is 0 Å². The van der Waals surface area contributed by atoms with E-state index in [0.717, 1.165) is 0 Å². The highest BCUT2D eigenvalue weighted by molar-refractivity contribution is 6.50. The molecule has 1 aliphatic rings. The average molecular weight is 429 g/mol. The predicted molar refractivity (Wildman–Crippen MR) is 73.9 cm³/mol. The Morgan fingerprint density at radius 2 is 0.852 bits per heavy atom. The van der Waals surface area contributed by atoms with E-state index in [4.69, 9.17) is 0 Å². The lowest BCUT2D eigenvalue weighted by Gasteiger charge is -2.00. The summed E-state index contributed by atoms with van der Waals surface area (Å²) >= 11 is 0. The van der Waals surface area contributed by atoms with Gasteiger partial charge in [-0.05, 0) is 24.3 Å². The normalized spacial score (nSPS) is 14.2. The Morgan fingerprint density at radius 1 is 0.593 bits per heavy atom. The Morgan fingerprint density at radius 3 is 1.04 bits per heavy atom. The summed E-state index contributed by atoms with van der Waals surface area (Å²) in [5.74, 6) is 0.650. The van der Waals surface area contributed by atoms with Gasteiger partial charge in [-0.1, -0.05) is 24.3 Å². The fourth-order valence-electron chi connectivity index (χ4n) is 1.33. The second-order valence-electron chi connectivity index (χ2n) is 4.73. The van der Waals surface area contributed by atoms with Crippen LogP contribution < -0.4 is 0 Å². The summed E-state index contributed by atoms with van der Waals surface area (Å²) in [6, 6.07) is 6.69. The van der Waals surface area contributed by atoms with Crippen molar-refractivity contribution >= 4 is 21.8 Å². The molecule has 1 aliphatic carbocycles. The minimum absolute atomic E-state index is 0.124. The lowest BCUT2D eigenvalue weighted by Crippen LogP contribution is -2.02. The van der Waals surface area contributed by atoms with Crippen LogP contribution in [-0.4, -0.2) is 21.8 Å². The molecule has 1 aromatic carbocycles. The van der Waals surface area contributed by atoms with Crippen molar-refractivity contribution in [2.75, 3.05) is 0 Å². The molecule has 0 amide bonds. The smallest absolute Gasteiger partial charge is 0.418 e. The Bertz CT molecular complexity index is 434. The lowest BCUT2D eigenvalue weighted by atomic mass is 10.1. The summed E-state index contributed by atoms with van der Waals surface area (Å²) in [6.07, 6.45) is 0.0976. The van der Waals surface area contributed by atoms with Crippen LogP contribution in [-0.2, 0) is 0 Å². The number of hydrogen-bond acceptors (Lipinski definition) is 0. The molecule has 0 unspecified atom stereocenters. The van der Waals surface area contributed by atoms with Crippen LogP contribution in [0.2, 0.25) is 0 Å². The van der Waals surface area contributed by atoms with Crippen molar-refractivity contribution in [3.05, 3.63) is 35.4 Å². The van der Waals surface area contributed by atoms with Crippen molar-refractivity contribution in [2.45, 2.75) is 25.2 Å². The fourth-order valence-corrected chi connectivity index (χ4v) is 1.33. The molecule has 0 atom stereocenters. The molecule has 17 heteroatoms. The molecule has 0 radical (unpaired) electrons. The van der Waals surface area contributed by atoms with Gasteiger partial charge in [0, 0.05) is 5.56 Å². The minimum Gasteiger partial charge on any atom is -0.418 e. The first-order valence-electron chi connectivity index (χ1n) is 6.77. The SMILES string of the molecule is FC(F)c1ccc(C2CC2)cc1.F[B-](F)(F)F.F[B-](F)(F)F.F[B-](F)(F)F. The highest BCUT2D eigenvalue weighted by Crippen LogP contribution is 2.40. The molecule has 27 heavy (non-hydrogen) atoms. The molecule has 160 valence electrons. The second kappa shape index (κ2) is 11.3. The van der Waals surface area contributed by atoms with E-state index in [-0.39, 0.29) is 5.56 Å². The second-order valence-corrected chi connectivity index (χ2v) is 4.73. The molecular formula is C10H10B3F14-3. The monoisotopic (exact) mass is 429 g/mol. The molecule has 0 aromatic heterocycles. The van der Waals surface area contributed by atoms with Gasteiger partial charge in [-0.15, -0.1) is 0 Å². The summed E-state index contributed by atoms with van der Waals surface area (Å²) in [5, 5.41) is 0. The van der Waals surface area contributed by atoms with Crippen LogP contribution in [0.15, 0.2) is 24.3 Å². The third-order valence-electron chi connectivity index (χ3n) is 2.24. The Labute approximate surface area is 144 Å². The molecule has 0 heterocycles. The Kier molecular flexibility index (Phi) is 11.6.